The third-order valence-corrected chi connectivity index (χ3v) is 5.04. The summed E-state index contributed by atoms with van der Waals surface area (Å²) < 4.78 is 1.63. The number of hydrogen-bond donors (Lipinski definition) is 2. The molecule has 2 heterocycles. The molecule has 0 atom stereocenters. The zero-order valence-corrected chi connectivity index (χ0v) is 15.8. The minimum atomic E-state index is -0.240. The quantitative estimate of drug-likeness (QED) is 0.519. The molecule has 1 amide bonds. The van der Waals surface area contributed by atoms with Crippen LogP contribution in [0.2, 0.25) is 0 Å². The number of aromatic nitrogens is 4. The van der Waals surface area contributed by atoms with E-state index in [0.717, 1.165) is 26.8 Å². The second-order valence-corrected chi connectivity index (χ2v) is 7.13. The Balaban J connectivity index is 1.48. The molecule has 0 bridgehead atoms. The summed E-state index contributed by atoms with van der Waals surface area (Å²) in [6.07, 6.45) is 1.56. The third-order valence-electron chi connectivity index (χ3n) is 3.87. The van der Waals surface area contributed by atoms with E-state index >= 15 is 0 Å². The summed E-state index contributed by atoms with van der Waals surface area (Å²) in [5.41, 5.74) is 3.16. The van der Waals surface area contributed by atoms with Crippen LogP contribution in [-0.2, 0) is 0 Å². The van der Waals surface area contributed by atoms with Crippen molar-refractivity contribution < 1.29 is 4.79 Å². The molecule has 0 aliphatic heterocycles. The molecule has 0 aliphatic carbocycles. The Morgan fingerprint density at radius 3 is 2.85 bits per heavy atom. The molecule has 4 rings (SSSR count). The molecule has 9 heteroatoms. The SMILES string of the molecule is Cc1ccccc1C(=O)NC(=S)Nc1cccc(-c2nn3cnnc3s2)c1. The highest BCUT2D eigenvalue weighted by atomic mass is 32.1. The first-order chi connectivity index (χ1) is 13.1. The highest BCUT2D eigenvalue weighted by Crippen LogP contribution is 2.26. The van der Waals surface area contributed by atoms with Crippen LogP contribution in [0.3, 0.4) is 0 Å². The molecule has 27 heavy (non-hydrogen) atoms. The fourth-order valence-corrected chi connectivity index (χ4v) is 3.59. The van der Waals surface area contributed by atoms with Crippen molar-refractivity contribution in [3.05, 3.63) is 66.0 Å². The molecule has 0 fully saturated rings. The first kappa shape index (κ1) is 17.3. The lowest BCUT2D eigenvalue weighted by Crippen LogP contribution is -2.34. The molecule has 134 valence electrons. The Kier molecular flexibility index (Phi) is 4.61. The Bertz CT molecular complexity index is 1120. The fraction of sp³-hybridized carbons (Fsp3) is 0.0556. The van der Waals surface area contributed by atoms with E-state index in [-0.39, 0.29) is 11.0 Å². The van der Waals surface area contributed by atoms with Gasteiger partial charge in [-0.1, -0.05) is 41.7 Å². The van der Waals surface area contributed by atoms with Gasteiger partial charge in [-0.2, -0.15) is 9.61 Å². The van der Waals surface area contributed by atoms with Crippen molar-refractivity contribution in [3.63, 3.8) is 0 Å². The summed E-state index contributed by atoms with van der Waals surface area (Å²) in [7, 11) is 0. The van der Waals surface area contributed by atoms with E-state index in [1.807, 2.05) is 49.4 Å². The molecule has 7 nitrogen and oxygen atoms in total. The lowest BCUT2D eigenvalue weighted by atomic mass is 10.1. The summed E-state index contributed by atoms with van der Waals surface area (Å²) in [6, 6.07) is 15.0. The van der Waals surface area contributed by atoms with Crippen LogP contribution in [0.15, 0.2) is 54.9 Å². The Hall–Kier alpha value is -3.17. The first-order valence-electron chi connectivity index (χ1n) is 8.05. The summed E-state index contributed by atoms with van der Waals surface area (Å²) in [4.78, 5) is 13.1. The number of rotatable bonds is 3. The van der Waals surface area contributed by atoms with Crippen molar-refractivity contribution in [2.45, 2.75) is 6.92 Å². The van der Waals surface area contributed by atoms with Gasteiger partial charge in [0.1, 0.15) is 11.3 Å². The molecule has 0 aliphatic rings. The monoisotopic (exact) mass is 394 g/mol. The van der Waals surface area contributed by atoms with E-state index < -0.39 is 0 Å². The molecule has 2 aromatic carbocycles. The van der Waals surface area contributed by atoms with Gasteiger partial charge >= 0.3 is 0 Å². The smallest absolute Gasteiger partial charge is 0.257 e. The summed E-state index contributed by atoms with van der Waals surface area (Å²) in [6.45, 7) is 1.88. The number of amides is 1. The number of carbonyl (C=O) groups excluding carboxylic acids is 1. The Morgan fingerprint density at radius 1 is 1.19 bits per heavy atom. The van der Waals surface area contributed by atoms with Crippen molar-refractivity contribution in [3.8, 4) is 10.6 Å². The Labute approximate surface area is 164 Å². The largest absolute Gasteiger partial charge is 0.332 e. The highest BCUT2D eigenvalue weighted by molar-refractivity contribution is 7.80. The van der Waals surface area contributed by atoms with Crippen LogP contribution >= 0.6 is 23.6 Å². The van der Waals surface area contributed by atoms with Gasteiger partial charge in [-0.05, 0) is 42.9 Å². The number of aryl methyl sites for hydroxylation is 1. The highest BCUT2D eigenvalue weighted by Gasteiger charge is 2.11. The van der Waals surface area contributed by atoms with E-state index in [1.165, 1.54) is 11.3 Å². The molecule has 0 radical (unpaired) electrons. The van der Waals surface area contributed by atoms with Crippen LogP contribution in [0.5, 0.6) is 0 Å². The lowest BCUT2D eigenvalue weighted by molar-refractivity contribution is 0.0977. The number of anilines is 1. The second-order valence-electron chi connectivity index (χ2n) is 5.77. The van der Waals surface area contributed by atoms with Crippen molar-refractivity contribution in [2.24, 2.45) is 0 Å². The molecule has 0 saturated carbocycles. The van der Waals surface area contributed by atoms with Gasteiger partial charge in [0, 0.05) is 16.8 Å². The molecule has 2 aromatic heterocycles. The molecular weight excluding hydrogens is 380 g/mol. The number of carbonyl (C=O) groups is 1. The van der Waals surface area contributed by atoms with Crippen LogP contribution in [0.25, 0.3) is 15.5 Å². The van der Waals surface area contributed by atoms with Gasteiger partial charge in [-0.25, -0.2) is 0 Å². The Morgan fingerprint density at radius 2 is 2.04 bits per heavy atom. The minimum absolute atomic E-state index is 0.235. The summed E-state index contributed by atoms with van der Waals surface area (Å²) in [5, 5.41) is 19.0. The standard InChI is InChI=1S/C18H14N6OS2/c1-11-5-2-3-8-14(11)15(25)21-17(26)20-13-7-4-6-12(9-13)16-23-24-10-19-22-18(24)27-16/h2-10H,1H3,(H2,20,21,25,26). The predicted octanol–water partition coefficient (Wildman–Crippen LogP) is 3.29. The predicted molar refractivity (Wildman–Crippen MR) is 109 cm³/mol. The average molecular weight is 394 g/mol. The normalized spacial score (nSPS) is 10.7. The molecule has 0 saturated heterocycles. The first-order valence-corrected chi connectivity index (χ1v) is 9.28. The van der Waals surface area contributed by atoms with Crippen LogP contribution in [0.4, 0.5) is 5.69 Å². The maximum atomic E-state index is 12.4. The number of nitrogens with zero attached hydrogens (tertiary/aromatic N) is 4. The lowest BCUT2D eigenvalue weighted by Gasteiger charge is -2.11. The van der Waals surface area contributed by atoms with Crippen LogP contribution in [0.1, 0.15) is 15.9 Å². The second kappa shape index (κ2) is 7.22. The molecule has 0 spiro atoms. The van der Waals surface area contributed by atoms with Crippen molar-refractivity contribution in [1.82, 2.24) is 25.1 Å². The van der Waals surface area contributed by atoms with Crippen LogP contribution < -0.4 is 10.6 Å². The number of hydrogen-bond acceptors (Lipinski definition) is 6. The number of fused-ring (bicyclic) bond motifs is 1. The van der Waals surface area contributed by atoms with Gasteiger partial charge in [-0.15, -0.1) is 10.2 Å². The van der Waals surface area contributed by atoms with Gasteiger partial charge in [0.25, 0.3) is 5.91 Å². The van der Waals surface area contributed by atoms with E-state index in [9.17, 15) is 4.79 Å². The molecular formula is C18H14N6OS2. The third kappa shape index (κ3) is 3.69. The van der Waals surface area contributed by atoms with Gasteiger partial charge in [0.05, 0.1) is 0 Å². The van der Waals surface area contributed by atoms with Gasteiger partial charge in [0.2, 0.25) is 4.96 Å². The summed E-state index contributed by atoms with van der Waals surface area (Å²) in [5.74, 6) is -0.240. The van der Waals surface area contributed by atoms with Gasteiger partial charge in [0.15, 0.2) is 5.11 Å². The van der Waals surface area contributed by atoms with Crippen molar-refractivity contribution in [2.75, 3.05) is 5.32 Å². The minimum Gasteiger partial charge on any atom is -0.332 e. The summed E-state index contributed by atoms with van der Waals surface area (Å²) >= 11 is 6.72. The number of nitrogens with one attached hydrogen (secondary N) is 2. The maximum Gasteiger partial charge on any atom is 0.257 e. The van der Waals surface area contributed by atoms with Crippen molar-refractivity contribution in [1.29, 1.82) is 0 Å². The zero-order chi connectivity index (χ0) is 18.8. The van der Waals surface area contributed by atoms with Gasteiger partial charge in [-0.3, -0.25) is 10.1 Å². The van der Waals surface area contributed by atoms with Gasteiger partial charge < -0.3 is 5.32 Å². The number of benzene rings is 2. The van der Waals surface area contributed by atoms with Crippen molar-refractivity contribution >= 4 is 45.2 Å². The molecule has 0 unspecified atom stereocenters. The average Bonchev–Trinajstić information content (AvgIpc) is 3.24. The van der Waals surface area contributed by atoms with E-state index in [2.05, 4.69) is 25.9 Å². The van der Waals surface area contributed by atoms with Crippen LogP contribution in [-0.4, -0.2) is 30.8 Å². The number of thiocarbonyl (C=S) groups is 1. The van der Waals surface area contributed by atoms with E-state index in [0.29, 0.717) is 5.56 Å². The topological polar surface area (TPSA) is 84.2 Å². The molecule has 4 aromatic rings. The zero-order valence-electron chi connectivity index (χ0n) is 14.2. The molecule has 2 N–H and O–H groups in total. The maximum absolute atomic E-state index is 12.4. The van der Waals surface area contributed by atoms with Crippen LogP contribution in [0, 0.1) is 6.92 Å². The fourth-order valence-electron chi connectivity index (χ4n) is 2.57. The van der Waals surface area contributed by atoms with E-state index in [4.69, 9.17) is 12.2 Å². The van der Waals surface area contributed by atoms with E-state index in [1.54, 1.807) is 16.9 Å².